The molecule has 1 rings (SSSR count). The van der Waals surface area contributed by atoms with Crippen LogP contribution in [0, 0.1) is 11.3 Å². The molecule has 1 aromatic rings. The average molecular weight is 271 g/mol. The molecule has 0 radical (unpaired) electrons. The van der Waals surface area contributed by atoms with E-state index < -0.39 is 0 Å². The summed E-state index contributed by atoms with van der Waals surface area (Å²) in [5, 5.41) is 20.6. The van der Waals surface area contributed by atoms with E-state index in [2.05, 4.69) is 21.6 Å². The van der Waals surface area contributed by atoms with E-state index in [0.29, 0.717) is 13.0 Å². The summed E-state index contributed by atoms with van der Waals surface area (Å²) in [6.07, 6.45) is 2.12. The van der Waals surface area contributed by atoms with Crippen LogP contribution >= 0.6 is 11.8 Å². The van der Waals surface area contributed by atoms with Crippen LogP contribution in [-0.2, 0) is 16.0 Å². The highest BCUT2D eigenvalue weighted by molar-refractivity contribution is 7.99. The number of nitrogens with zero attached hydrogens (tertiary/aromatic N) is 5. The highest BCUT2D eigenvalue weighted by atomic mass is 32.2. The molecule has 0 atom stereocenters. The monoisotopic (exact) mass is 271 g/mol. The summed E-state index contributed by atoms with van der Waals surface area (Å²) in [6.45, 7) is 0.459. The van der Waals surface area contributed by atoms with Crippen LogP contribution < -0.4 is 0 Å². The van der Waals surface area contributed by atoms with Gasteiger partial charge in [0.2, 0.25) is 5.16 Å². The van der Waals surface area contributed by atoms with E-state index in [9.17, 15) is 0 Å². The van der Waals surface area contributed by atoms with Crippen LogP contribution in [0.5, 0.6) is 0 Å². The molecule has 0 N–H and O–H groups in total. The summed E-state index contributed by atoms with van der Waals surface area (Å²) < 4.78 is 11.9. The predicted octanol–water partition coefficient (Wildman–Crippen LogP) is 1.08. The Bertz CT molecular complexity index is 375. The number of thioether (sulfide) groups is 1. The summed E-state index contributed by atoms with van der Waals surface area (Å²) in [5.41, 5.74) is 0. The van der Waals surface area contributed by atoms with E-state index in [1.54, 1.807) is 30.7 Å². The summed E-state index contributed by atoms with van der Waals surface area (Å²) in [6, 6.07) is 2.13. The van der Waals surface area contributed by atoms with Crippen molar-refractivity contribution in [3.8, 4) is 6.07 Å². The number of aromatic nitrogens is 4. The lowest BCUT2D eigenvalue weighted by Gasteiger charge is -2.13. The lowest BCUT2D eigenvalue weighted by molar-refractivity contribution is -0.113. The zero-order valence-electron chi connectivity index (χ0n) is 10.6. The molecule has 0 bridgehead atoms. The van der Waals surface area contributed by atoms with Gasteiger partial charge in [-0.15, -0.1) is 5.10 Å². The fraction of sp³-hybridized carbons (Fsp3) is 0.800. The van der Waals surface area contributed by atoms with Gasteiger partial charge in [-0.3, -0.25) is 0 Å². The predicted molar refractivity (Wildman–Crippen MR) is 65.8 cm³/mol. The van der Waals surface area contributed by atoms with Gasteiger partial charge in [0.25, 0.3) is 0 Å². The van der Waals surface area contributed by atoms with Gasteiger partial charge in [-0.2, -0.15) is 5.26 Å². The molecule has 0 aliphatic heterocycles. The Morgan fingerprint density at radius 3 is 2.83 bits per heavy atom. The second kappa shape index (κ2) is 8.85. The van der Waals surface area contributed by atoms with Crippen LogP contribution in [-0.4, -0.2) is 46.5 Å². The van der Waals surface area contributed by atoms with Crippen molar-refractivity contribution in [3.05, 3.63) is 0 Å². The van der Waals surface area contributed by atoms with Crippen LogP contribution in [0.25, 0.3) is 0 Å². The minimum Gasteiger partial charge on any atom is -0.354 e. The van der Waals surface area contributed by atoms with Gasteiger partial charge in [0.1, 0.15) is 0 Å². The van der Waals surface area contributed by atoms with Crippen molar-refractivity contribution in [2.75, 3.05) is 20.0 Å². The molecule has 0 saturated carbocycles. The number of hydrogen-bond acceptors (Lipinski definition) is 7. The van der Waals surface area contributed by atoms with Crippen molar-refractivity contribution >= 4 is 11.8 Å². The fourth-order valence-corrected chi connectivity index (χ4v) is 2.16. The highest BCUT2D eigenvalue weighted by Crippen LogP contribution is 2.16. The first-order valence-corrected chi connectivity index (χ1v) is 6.62. The average Bonchev–Trinajstić information content (AvgIpc) is 2.83. The van der Waals surface area contributed by atoms with E-state index in [1.807, 2.05) is 0 Å². The maximum atomic E-state index is 8.43. The number of methoxy groups -OCH3 is 2. The first-order chi connectivity index (χ1) is 8.81. The van der Waals surface area contributed by atoms with Gasteiger partial charge in [-0.25, -0.2) is 4.68 Å². The van der Waals surface area contributed by atoms with Crippen LogP contribution in [0.2, 0.25) is 0 Å². The Morgan fingerprint density at radius 1 is 1.39 bits per heavy atom. The zero-order chi connectivity index (χ0) is 13.2. The van der Waals surface area contributed by atoms with Crippen LogP contribution in [0.4, 0.5) is 0 Å². The summed E-state index contributed by atoms with van der Waals surface area (Å²) in [7, 11) is 3.15. The molecule has 18 heavy (non-hydrogen) atoms. The van der Waals surface area contributed by atoms with E-state index in [0.717, 1.165) is 23.8 Å². The third-order valence-corrected chi connectivity index (χ3v) is 3.30. The molecule has 1 aromatic heterocycles. The largest absolute Gasteiger partial charge is 0.354 e. The topological polar surface area (TPSA) is 85.9 Å². The van der Waals surface area contributed by atoms with Gasteiger partial charge in [-0.05, 0) is 23.3 Å². The molecule has 0 spiro atoms. The Morgan fingerprint density at radius 2 is 2.17 bits per heavy atom. The number of unbranched alkanes of at least 4 members (excludes halogenated alkanes) is 2. The van der Waals surface area contributed by atoms with Crippen LogP contribution in [0.3, 0.4) is 0 Å². The molecule has 0 saturated heterocycles. The van der Waals surface area contributed by atoms with Gasteiger partial charge in [0.15, 0.2) is 6.29 Å². The minimum absolute atomic E-state index is 0.355. The molecule has 0 fully saturated rings. The summed E-state index contributed by atoms with van der Waals surface area (Å²) in [4.78, 5) is 0. The van der Waals surface area contributed by atoms with Crippen molar-refractivity contribution in [3.63, 3.8) is 0 Å². The highest BCUT2D eigenvalue weighted by Gasteiger charge is 2.12. The fourth-order valence-electron chi connectivity index (χ4n) is 1.27. The SMILES string of the molecule is COC(Cn1nnnc1SCCCCC#N)OC. The van der Waals surface area contributed by atoms with Gasteiger partial charge >= 0.3 is 0 Å². The molecule has 100 valence electrons. The van der Waals surface area contributed by atoms with Gasteiger partial charge in [0, 0.05) is 26.4 Å². The standard InChI is InChI=1S/C10H17N5O2S/c1-16-9(17-2)8-15-10(12-13-14-15)18-7-5-3-4-6-11/h9H,3-5,7-8H2,1-2H3. The van der Waals surface area contributed by atoms with E-state index in [-0.39, 0.29) is 6.29 Å². The van der Waals surface area contributed by atoms with Gasteiger partial charge in [-0.1, -0.05) is 11.8 Å². The second-order valence-electron chi connectivity index (χ2n) is 3.51. The Hall–Kier alpha value is -1.17. The Labute approximate surface area is 110 Å². The van der Waals surface area contributed by atoms with E-state index in [4.69, 9.17) is 14.7 Å². The quantitative estimate of drug-likeness (QED) is 0.377. The molecule has 0 amide bonds. The lowest BCUT2D eigenvalue weighted by atomic mass is 10.3. The summed E-state index contributed by atoms with van der Waals surface area (Å²) in [5.74, 6) is 0.896. The molecule has 1 heterocycles. The van der Waals surface area contributed by atoms with Crippen LogP contribution in [0.1, 0.15) is 19.3 Å². The van der Waals surface area contributed by atoms with Gasteiger partial charge in [0.05, 0.1) is 12.6 Å². The molecule has 0 unspecified atom stereocenters. The maximum Gasteiger partial charge on any atom is 0.209 e. The number of ether oxygens (including phenoxy) is 2. The summed E-state index contributed by atoms with van der Waals surface area (Å²) >= 11 is 1.57. The Kier molecular flexibility index (Phi) is 7.32. The number of rotatable bonds is 9. The molecule has 0 aliphatic rings. The van der Waals surface area contributed by atoms with Gasteiger partial charge < -0.3 is 9.47 Å². The van der Waals surface area contributed by atoms with E-state index in [1.165, 1.54) is 0 Å². The minimum atomic E-state index is -0.355. The Balaban J connectivity index is 2.37. The number of nitriles is 1. The van der Waals surface area contributed by atoms with Crippen LogP contribution in [0.15, 0.2) is 5.16 Å². The van der Waals surface area contributed by atoms with E-state index >= 15 is 0 Å². The van der Waals surface area contributed by atoms with Crippen molar-refractivity contribution in [1.29, 1.82) is 5.26 Å². The lowest BCUT2D eigenvalue weighted by Crippen LogP contribution is -2.21. The smallest absolute Gasteiger partial charge is 0.209 e. The van der Waals surface area contributed by atoms with Crippen molar-refractivity contribution in [1.82, 2.24) is 20.2 Å². The molecule has 0 aromatic carbocycles. The second-order valence-corrected chi connectivity index (χ2v) is 4.57. The van der Waals surface area contributed by atoms with Crippen molar-refractivity contribution in [2.45, 2.75) is 37.3 Å². The molecule has 0 aliphatic carbocycles. The third kappa shape index (κ3) is 5.00. The first-order valence-electron chi connectivity index (χ1n) is 5.63. The third-order valence-electron chi connectivity index (χ3n) is 2.26. The zero-order valence-corrected chi connectivity index (χ0v) is 11.4. The molecule has 8 heteroatoms. The molecular formula is C10H17N5O2S. The number of tetrazole rings is 1. The molecular weight excluding hydrogens is 254 g/mol. The maximum absolute atomic E-state index is 8.43. The molecule has 7 nitrogen and oxygen atoms in total. The number of hydrogen-bond donors (Lipinski definition) is 0. The van der Waals surface area contributed by atoms with Crippen molar-refractivity contribution in [2.24, 2.45) is 0 Å². The first kappa shape index (κ1) is 14.9. The van der Waals surface area contributed by atoms with Crippen molar-refractivity contribution < 1.29 is 9.47 Å². The normalized spacial score (nSPS) is 10.8.